The van der Waals surface area contributed by atoms with Gasteiger partial charge in [0.1, 0.15) is 11.9 Å². The van der Waals surface area contributed by atoms with Crippen LogP contribution in [0.15, 0.2) is 24.3 Å². The van der Waals surface area contributed by atoms with Crippen molar-refractivity contribution in [1.29, 1.82) is 0 Å². The molecule has 3 nitrogen and oxygen atoms in total. The first-order valence-electron chi connectivity index (χ1n) is 6.88. The van der Waals surface area contributed by atoms with E-state index >= 15 is 0 Å². The number of ether oxygens (including phenoxy) is 1. The van der Waals surface area contributed by atoms with Crippen LogP contribution < -0.4 is 10.1 Å². The van der Waals surface area contributed by atoms with Crippen molar-refractivity contribution in [2.24, 2.45) is 0 Å². The van der Waals surface area contributed by atoms with Gasteiger partial charge in [0, 0.05) is 12.1 Å². The van der Waals surface area contributed by atoms with Crippen LogP contribution in [0.4, 0.5) is 0 Å². The van der Waals surface area contributed by atoms with Crippen LogP contribution in [0.2, 0.25) is 0 Å². The first kappa shape index (κ1) is 13.4. The third kappa shape index (κ3) is 3.47. The Labute approximate surface area is 109 Å². The van der Waals surface area contributed by atoms with Crippen LogP contribution in [0.3, 0.4) is 0 Å². The molecule has 2 unspecified atom stereocenters. The van der Waals surface area contributed by atoms with Crippen LogP contribution in [0.25, 0.3) is 0 Å². The van der Waals surface area contributed by atoms with Gasteiger partial charge in [0.25, 0.3) is 0 Å². The Morgan fingerprint density at radius 2 is 2.00 bits per heavy atom. The molecule has 2 N–H and O–H groups in total. The Kier molecular flexibility index (Phi) is 5.02. The topological polar surface area (TPSA) is 41.5 Å². The van der Waals surface area contributed by atoms with E-state index in [2.05, 4.69) is 11.4 Å². The van der Waals surface area contributed by atoms with Crippen molar-refractivity contribution in [2.75, 3.05) is 7.05 Å². The van der Waals surface area contributed by atoms with Crippen LogP contribution in [-0.2, 0) is 6.54 Å². The molecule has 1 aromatic carbocycles. The van der Waals surface area contributed by atoms with Gasteiger partial charge in [-0.3, -0.25) is 0 Å². The highest BCUT2D eigenvalue weighted by Gasteiger charge is 2.23. The highest BCUT2D eigenvalue weighted by molar-refractivity contribution is 5.33. The quantitative estimate of drug-likeness (QED) is 0.806. The second-order valence-corrected chi connectivity index (χ2v) is 5.00. The molecule has 18 heavy (non-hydrogen) atoms. The summed E-state index contributed by atoms with van der Waals surface area (Å²) in [6.45, 7) is 0.791. The summed E-state index contributed by atoms with van der Waals surface area (Å²) in [5.74, 6) is 0.901. The second kappa shape index (κ2) is 6.76. The normalized spacial score (nSPS) is 24.6. The maximum atomic E-state index is 10.1. The lowest BCUT2D eigenvalue weighted by atomic mass is 10.1. The standard InChI is InChI=1S/C15H23NO2/c1-16-11-12-7-5-6-9-14(12)18-15-10-4-2-3-8-13(15)17/h5-7,9,13,15-17H,2-4,8,10-11H2,1H3. The van der Waals surface area contributed by atoms with Crippen molar-refractivity contribution in [3.05, 3.63) is 29.8 Å². The van der Waals surface area contributed by atoms with E-state index in [-0.39, 0.29) is 12.2 Å². The SMILES string of the molecule is CNCc1ccccc1OC1CCCCCC1O. The maximum absolute atomic E-state index is 10.1. The van der Waals surface area contributed by atoms with E-state index in [9.17, 15) is 5.11 Å². The van der Waals surface area contributed by atoms with Crippen molar-refractivity contribution >= 4 is 0 Å². The Morgan fingerprint density at radius 3 is 2.83 bits per heavy atom. The van der Waals surface area contributed by atoms with Crippen molar-refractivity contribution in [2.45, 2.75) is 50.9 Å². The minimum atomic E-state index is -0.324. The zero-order valence-electron chi connectivity index (χ0n) is 11.1. The van der Waals surface area contributed by atoms with Gasteiger partial charge in [0.2, 0.25) is 0 Å². The summed E-state index contributed by atoms with van der Waals surface area (Å²) in [5.41, 5.74) is 1.15. The molecular formula is C15H23NO2. The molecule has 0 aromatic heterocycles. The molecule has 0 heterocycles. The fourth-order valence-electron chi connectivity index (χ4n) is 2.51. The van der Waals surface area contributed by atoms with Crippen molar-refractivity contribution in [1.82, 2.24) is 5.32 Å². The van der Waals surface area contributed by atoms with Crippen molar-refractivity contribution in [3.8, 4) is 5.75 Å². The summed E-state index contributed by atoms with van der Waals surface area (Å²) in [7, 11) is 1.93. The first-order chi connectivity index (χ1) is 8.81. The maximum Gasteiger partial charge on any atom is 0.124 e. The molecular weight excluding hydrogens is 226 g/mol. The number of rotatable bonds is 4. The predicted molar refractivity (Wildman–Crippen MR) is 72.7 cm³/mol. The monoisotopic (exact) mass is 249 g/mol. The molecule has 1 aromatic rings. The van der Waals surface area contributed by atoms with E-state index in [0.717, 1.165) is 43.5 Å². The van der Waals surface area contributed by atoms with Gasteiger partial charge in [-0.1, -0.05) is 31.0 Å². The zero-order chi connectivity index (χ0) is 12.8. The lowest BCUT2D eigenvalue weighted by Crippen LogP contribution is -2.31. The molecule has 1 saturated carbocycles. The molecule has 0 saturated heterocycles. The molecule has 0 radical (unpaired) electrons. The predicted octanol–water partition coefficient (Wildman–Crippen LogP) is 2.48. The van der Waals surface area contributed by atoms with E-state index in [0.29, 0.717) is 0 Å². The molecule has 1 aliphatic rings. The smallest absolute Gasteiger partial charge is 0.124 e. The molecule has 1 aliphatic carbocycles. The third-order valence-corrected chi connectivity index (χ3v) is 3.54. The van der Waals surface area contributed by atoms with Crippen LogP contribution >= 0.6 is 0 Å². The highest BCUT2D eigenvalue weighted by Crippen LogP contribution is 2.25. The average molecular weight is 249 g/mol. The minimum absolute atomic E-state index is 0.0505. The summed E-state index contributed by atoms with van der Waals surface area (Å²) < 4.78 is 6.04. The van der Waals surface area contributed by atoms with E-state index < -0.39 is 0 Å². The zero-order valence-corrected chi connectivity index (χ0v) is 11.1. The minimum Gasteiger partial charge on any atom is -0.487 e. The molecule has 0 amide bonds. The molecule has 3 heteroatoms. The lowest BCUT2D eigenvalue weighted by Gasteiger charge is -2.23. The molecule has 0 bridgehead atoms. The highest BCUT2D eigenvalue weighted by atomic mass is 16.5. The fraction of sp³-hybridized carbons (Fsp3) is 0.600. The largest absolute Gasteiger partial charge is 0.487 e. The summed E-state index contributed by atoms with van der Waals surface area (Å²) in [6.07, 6.45) is 4.90. The third-order valence-electron chi connectivity index (χ3n) is 3.54. The number of hydrogen-bond acceptors (Lipinski definition) is 3. The molecule has 0 spiro atoms. The van der Waals surface area contributed by atoms with Gasteiger partial charge < -0.3 is 15.2 Å². The first-order valence-corrected chi connectivity index (χ1v) is 6.88. The summed E-state index contributed by atoms with van der Waals surface area (Å²) >= 11 is 0. The van der Waals surface area contributed by atoms with Gasteiger partial charge in [-0.05, 0) is 32.4 Å². The van der Waals surface area contributed by atoms with E-state index in [1.54, 1.807) is 0 Å². The van der Waals surface area contributed by atoms with Crippen LogP contribution in [0.1, 0.15) is 37.7 Å². The molecule has 100 valence electrons. The van der Waals surface area contributed by atoms with E-state index in [1.807, 2.05) is 25.2 Å². The van der Waals surface area contributed by atoms with Crippen LogP contribution in [0.5, 0.6) is 5.75 Å². The second-order valence-electron chi connectivity index (χ2n) is 5.00. The van der Waals surface area contributed by atoms with Gasteiger partial charge in [-0.2, -0.15) is 0 Å². The Hall–Kier alpha value is -1.06. The Balaban J connectivity index is 2.07. The summed E-state index contributed by atoms with van der Waals surface area (Å²) in [5, 5.41) is 13.2. The Bertz CT molecular complexity index is 367. The number of aliphatic hydroxyl groups is 1. The van der Waals surface area contributed by atoms with Gasteiger partial charge in [-0.15, -0.1) is 0 Å². The van der Waals surface area contributed by atoms with Gasteiger partial charge in [-0.25, -0.2) is 0 Å². The molecule has 0 aliphatic heterocycles. The average Bonchev–Trinajstić information content (AvgIpc) is 2.58. The molecule has 2 atom stereocenters. The van der Waals surface area contributed by atoms with Crippen LogP contribution in [-0.4, -0.2) is 24.4 Å². The number of benzene rings is 1. The fourth-order valence-corrected chi connectivity index (χ4v) is 2.51. The van der Waals surface area contributed by atoms with Crippen molar-refractivity contribution in [3.63, 3.8) is 0 Å². The van der Waals surface area contributed by atoms with Crippen LogP contribution in [0, 0.1) is 0 Å². The lowest BCUT2D eigenvalue weighted by molar-refractivity contribution is 0.0314. The number of nitrogens with one attached hydrogen (secondary N) is 1. The summed E-state index contributed by atoms with van der Waals surface area (Å²) in [6, 6.07) is 8.06. The van der Waals surface area contributed by atoms with Crippen molar-refractivity contribution < 1.29 is 9.84 Å². The van der Waals surface area contributed by atoms with Gasteiger partial charge >= 0.3 is 0 Å². The van der Waals surface area contributed by atoms with Gasteiger partial charge in [0.15, 0.2) is 0 Å². The number of aliphatic hydroxyl groups excluding tert-OH is 1. The van der Waals surface area contributed by atoms with E-state index in [1.165, 1.54) is 6.42 Å². The summed E-state index contributed by atoms with van der Waals surface area (Å²) in [4.78, 5) is 0. The molecule has 1 fully saturated rings. The van der Waals surface area contributed by atoms with Gasteiger partial charge in [0.05, 0.1) is 6.10 Å². The van der Waals surface area contributed by atoms with E-state index in [4.69, 9.17) is 4.74 Å². The molecule has 2 rings (SSSR count). The number of para-hydroxylation sites is 1. The number of hydrogen-bond donors (Lipinski definition) is 2. The Morgan fingerprint density at radius 1 is 1.22 bits per heavy atom.